The van der Waals surface area contributed by atoms with Crippen LogP contribution in [-0.4, -0.2) is 44.6 Å². The number of ether oxygens (including phenoxy) is 1. The minimum atomic E-state index is -1.81. The molecule has 0 saturated heterocycles. The smallest absolute Gasteiger partial charge is 0.411 e. The number of rotatable bonds is 5. The molecule has 0 aliphatic heterocycles. The first-order chi connectivity index (χ1) is 9.30. The van der Waals surface area contributed by atoms with Crippen molar-refractivity contribution in [2.75, 3.05) is 19.7 Å². The lowest BCUT2D eigenvalue weighted by atomic mass is 10.2. The topological polar surface area (TPSA) is 38.8 Å². The summed E-state index contributed by atoms with van der Waals surface area (Å²) >= 11 is 0. The Morgan fingerprint density at radius 3 is 2.10 bits per heavy atom. The van der Waals surface area contributed by atoms with Crippen molar-refractivity contribution < 1.29 is 14.0 Å². The van der Waals surface area contributed by atoms with E-state index >= 15 is 0 Å². The summed E-state index contributed by atoms with van der Waals surface area (Å²) in [6.07, 6.45) is 4.94. The van der Waals surface area contributed by atoms with Gasteiger partial charge in [0, 0.05) is 6.54 Å². The lowest BCUT2D eigenvalue weighted by Gasteiger charge is -2.36. The van der Waals surface area contributed by atoms with Gasteiger partial charge >= 0.3 is 6.09 Å². The molecular formula is C16H31NO3Si. The van der Waals surface area contributed by atoms with E-state index in [1.165, 1.54) is 4.90 Å². The van der Waals surface area contributed by atoms with Crippen molar-refractivity contribution in [3.8, 4) is 12.3 Å². The lowest BCUT2D eigenvalue weighted by Crippen LogP contribution is -2.44. The molecule has 4 nitrogen and oxygen atoms in total. The molecule has 0 unspecified atom stereocenters. The van der Waals surface area contributed by atoms with E-state index in [1.54, 1.807) is 0 Å². The summed E-state index contributed by atoms with van der Waals surface area (Å²) in [7, 11) is -1.81. The van der Waals surface area contributed by atoms with Crippen LogP contribution in [0.15, 0.2) is 0 Å². The van der Waals surface area contributed by atoms with E-state index in [0.29, 0.717) is 13.2 Å². The monoisotopic (exact) mass is 313 g/mol. The Morgan fingerprint density at radius 1 is 1.19 bits per heavy atom. The summed E-state index contributed by atoms with van der Waals surface area (Å²) in [5.74, 6) is 2.49. The van der Waals surface area contributed by atoms with Gasteiger partial charge in [0.05, 0.1) is 13.2 Å². The molecule has 0 aliphatic rings. The number of amides is 1. The molecule has 0 fully saturated rings. The first kappa shape index (κ1) is 20.0. The fraction of sp³-hybridized carbons (Fsp3) is 0.812. The number of carbonyl (C=O) groups is 1. The Balaban J connectivity index is 4.55. The van der Waals surface area contributed by atoms with E-state index in [1.807, 2.05) is 20.8 Å². The number of hydrogen-bond acceptors (Lipinski definition) is 3. The number of carbonyl (C=O) groups excluding carboxylic acids is 1. The number of hydrogen-bond donors (Lipinski definition) is 0. The Labute approximate surface area is 131 Å². The van der Waals surface area contributed by atoms with Crippen molar-refractivity contribution in [3.05, 3.63) is 0 Å². The van der Waals surface area contributed by atoms with Gasteiger partial charge in [-0.2, -0.15) is 0 Å². The Hall–Kier alpha value is -0.993. The van der Waals surface area contributed by atoms with Crippen LogP contribution in [0.1, 0.15) is 41.5 Å². The van der Waals surface area contributed by atoms with Crippen molar-refractivity contribution in [1.82, 2.24) is 4.90 Å². The highest BCUT2D eigenvalue weighted by Gasteiger charge is 2.37. The van der Waals surface area contributed by atoms with Crippen molar-refractivity contribution in [2.45, 2.75) is 65.3 Å². The zero-order valence-electron chi connectivity index (χ0n) is 14.9. The Kier molecular flexibility index (Phi) is 6.98. The molecule has 21 heavy (non-hydrogen) atoms. The van der Waals surface area contributed by atoms with Crippen molar-refractivity contribution in [2.24, 2.45) is 0 Å². The normalized spacial score (nSPS) is 12.7. The fourth-order valence-corrected chi connectivity index (χ4v) is 2.33. The third-order valence-corrected chi connectivity index (χ3v) is 8.10. The standard InChI is InChI=1S/C16H31NO3Si/c1-10-11-17(14(18)20-15(2,3)4)12-13-19-21(8,9)16(5,6)7/h1H,11-13H2,2-9H3. The molecule has 0 N–H and O–H groups in total. The second-order valence-corrected chi connectivity index (χ2v) is 12.5. The zero-order chi connectivity index (χ0) is 16.9. The molecule has 0 aromatic heterocycles. The van der Waals surface area contributed by atoms with Crippen LogP contribution in [0.3, 0.4) is 0 Å². The second kappa shape index (κ2) is 7.32. The maximum atomic E-state index is 12.1. The second-order valence-electron chi connectivity index (χ2n) is 7.71. The summed E-state index contributed by atoms with van der Waals surface area (Å²) in [6.45, 7) is 17.6. The van der Waals surface area contributed by atoms with Gasteiger partial charge in [0.2, 0.25) is 0 Å². The molecule has 5 heteroatoms. The molecule has 0 aromatic rings. The average molecular weight is 314 g/mol. The van der Waals surface area contributed by atoms with Gasteiger partial charge in [0.1, 0.15) is 5.60 Å². The molecule has 0 atom stereocenters. The van der Waals surface area contributed by atoms with Crippen molar-refractivity contribution >= 4 is 14.4 Å². The van der Waals surface area contributed by atoms with Crippen LogP contribution in [0.5, 0.6) is 0 Å². The van der Waals surface area contributed by atoms with E-state index in [2.05, 4.69) is 39.8 Å². The van der Waals surface area contributed by atoms with E-state index in [4.69, 9.17) is 15.6 Å². The van der Waals surface area contributed by atoms with Gasteiger partial charge in [-0.15, -0.1) is 6.42 Å². The summed E-state index contributed by atoms with van der Waals surface area (Å²) in [5, 5.41) is 0.149. The van der Waals surface area contributed by atoms with Crippen LogP contribution < -0.4 is 0 Å². The van der Waals surface area contributed by atoms with Gasteiger partial charge in [-0.1, -0.05) is 26.7 Å². The van der Waals surface area contributed by atoms with Gasteiger partial charge in [-0.05, 0) is 38.9 Å². The summed E-state index contributed by atoms with van der Waals surface area (Å²) in [6, 6.07) is 0. The van der Waals surface area contributed by atoms with Crippen LogP contribution in [0.25, 0.3) is 0 Å². The van der Waals surface area contributed by atoms with Crippen molar-refractivity contribution in [3.63, 3.8) is 0 Å². The highest BCUT2D eigenvalue weighted by molar-refractivity contribution is 6.74. The largest absolute Gasteiger partial charge is 0.444 e. The molecular weight excluding hydrogens is 282 g/mol. The molecule has 0 aromatic carbocycles. The quantitative estimate of drug-likeness (QED) is 0.571. The minimum Gasteiger partial charge on any atom is -0.444 e. The maximum Gasteiger partial charge on any atom is 0.411 e. The minimum absolute atomic E-state index is 0.149. The van der Waals surface area contributed by atoms with E-state index in [-0.39, 0.29) is 17.7 Å². The highest BCUT2D eigenvalue weighted by Crippen LogP contribution is 2.36. The van der Waals surface area contributed by atoms with E-state index in [9.17, 15) is 4.79 Å². The predicted octanol–water partition coefficient (Wildman–Crippen LogP) is 3.88. The molecule has 0 spiro atoms. The van der Waals surface area contributed by atoms with Crippen LogP contribution >= 0.6 is 0 Å². The third kappa shape index (κ3) is 7.54. The van der Waals surface area contributed by atoms with Crippen LogP contribution in [0, 0.1) is 12.3 Å². The highest BCUT2D eigenvalue weighted by atomic mass is 28.4. The molecule has 0 aliphatic carbocycles. The van der Waals surface area contributed by atoms with Gasteiger partial charge in [0.25, 0.3) is 0 Å². The molecule has 0 radical (unpaired) electrons. The first-order valence-corrected chi connectivity index (χ1v) is 10.3. The zero-order valence-corrected chi connectivity index (χ0v) is 15.9. The third-order valence-electron chi connectivity index (χ3n) is 3.56. The molecule has 0 bridgehead atoms. The van der Waals surface area contributed by atoms with Crippen LogP contribution in [-0.2, 0) is 9.16 Å². The molecule has 0 rings (SSSR count). The van der Waals surface area contributed by atoms with Crippen LogP contribution in [0.4, 0.5) is 4.79 Å². The van der Waals surface area contributed by atoms with Crippen LogP contribution in [0.2, 0.25) is 18.1 Å². The van der Waals surface area contributed by atoms with E-state index in [0.717, 1.165) is 0 Å². The van der Waals surface area contributed by atoms with Crippen molar-refractivity contribution in [1.29, 1.82) is 0 Å². The maximum absolute atomic E-state index is 12.1. The Morgan fingerprint density at radius 2 is 1.71 bits per heavy atom. The van der Waals surface area contributed by atoms with Gasteiger partial charge in [-0.3, -0.25) is 4.90 Å². The number of nitrogens with zero attached hydrogens (tertiary/aromatic N) is 1. The predicted molar refractivity (Wildman–Crippen MR) is 89.8 cm³/mol. The first-order valence-electron chi connectivity index (χ1n) is 7.35. The van der Waals surface area contributed by atoms with Gasteiger partial charge in [0.15, 0.2) is 8.32 Å². The molecule has 1 amide bonds. The van der Waals surface area contributed by atoms with Gasteiger partial charge < -0.3 is 9.16 Å². The SMILES string of the molecule is C#CCN(CCO[Si](C)(C)C(C)(C)C)C(=O)OC(C)(C)C. The molecule has 0 saturated carbocycles. The average Bonchev–Trinajstić information content (AvgIpc) is 2.23. The molecule has 122 valence electrons. The molecule has 0 heterocycles. The lowest BCUT2D eigenvalue weighted by molar-refractivity contribution is 0.0250. The fourth-order valence-electron chi connectivity index (χ4n) is 1.30. The summed E-state index contributed by atoms with van der Waals surface area (Å²) < 4.78 is 11.4. The van der Waals surface area contributed by atoms with Gasteiger partial charge in [-0.25, -0.2) is 4.79 Å². The number of terminal acetylenes is 1. The van der Waals surface area contributed by atoms with E-state index < -0.39 is 13.9 Å². The summed E-state index contributed by atoms with van der Waals surface area (Å²) in [4.78, 5) is 13.6. The Bertz CT molecular complexity index is 386. The summed E-state index contributed by atoms with van der Waals surface area (Å²) in [5.41, 5.74) is -0.524.